The van der Waals surface area contributed by atoms with Gasteiger partial charge in [0.2, 0.25) is 5.91 Å². The fourth-order valence-corrected chi connectivity index (χ4v) is 3.00. The van der Waals surface area contributed by atoms with Crippen molar-refractivity contribution in [2.24, 2.45) is 0 Å². The van der Waals surface area contributed by atoms with Crippen LogP contribution in [-0.2, 0) is 20.8 Å². The molecule has 3 aromatic rings. The summed E-state index contributed by atoms with van der Waals surface area (Å²) < 4.78 is 6.95. The number of imidazole rings is 1. The van der Waals surface area contributed by atoms with Crippen LogP contribution in [0, 0.1) is 5.41 Å². The Morgan fingerprint density at radius 2 is 1.85 bits per heavy atom. The Hall–Kier alpha value is -4.74. The maximum atomic E-state index is 12.5. The third kappa shape index (κ3) is 5.70. The molecule has 0 saturated heterocycles. The van der Waals surface area contributed by atoms with E-state index in [2.05, 4.69) is 15.6 Å². The van der Waals surface area contributed by atoms with Crippen LogP contribution in [0.3, 0.4) is 0 Å². The largest absolute Gasteiger partial charge is 0.481 e. The predicted octanol–water partition coefficient (Wildman–Crippen LogP) is 1.16. The quantitative estimate of drug-likeness (QED) is 0.171. The molecule has 33 heavy (non-hydrogen) atoms. The highest BCUT2D eigenvalue weighted by Crippen LogP contribution is 2.22. The Morgan fingerprint density at radius 1 is 1.12 bits per heavy atom. The van der Waals surface area contributed by atoms with Crippen molar-refractivity contribution in [3.8, 4) is 5.75 Å². The second-order valence-electron chi connectivity index (χ2n) is 6.80. The number of hydrogen-bond donors (Lipinski definition) is 5. The van der Waals surface area contributed by atoms with Crippen LogP contribution in [0.4, 0.5) is 5.69 Å². The van der Waals surface area contributed by atoms with Crippen molar-refractivity contribution in [3.63, 3.8) is 0 Å². The number of aromatic nitrogens is 2. The lowest BCUT2D eigenvalue weighted by Crippen LogP contribution is -2.43. The highest BCUT2D eigenvalue weighted by Gasteiger charge is 2.23. The molecule has 2 aromatic heterocycles. The summed E-state index contributed by atoms with van der Waals surface area (Å²) in [7, 11) is 0. The number of anilines is 1. The van der Waals surface area contributed by atoms with Crippen molar-refractivity contribution >= 4 is 41.5 Å². The molecule has 0 fully saturated rings. The van der Waals surface area contributed by atoms with Gasteiger partial charge >= 0.3 is 17.9 Å². The van der Waals surface area contributed by atoms with Gasteiger partial charge in [0, 0.05) is 23.8 Å². The second kappa shape index (κ2) is 10.0. The first kappa shape index (κ1) is 22.9. The van der Waals surface area contributed by atoms with Crippen LogP contribution < -0.4 is 15.4 Å². The zero-order valence-electron chi connectivity index (χ0n) is 17.0. The number of hydrogen-bond acceptors (Lipinski definition) is 7. The van der Waals surface area contributed by atoms with Gasteiger partial charge in [0.1, 0.15) is 6.04 Å². The Bertz CT molecular complexity index is 1220. The highest BCUT2D eigenvalue weighted by atomic mass is 16.5. The van der Waals surface area contributed by atoms with Gasteiger partial charge in [-0.15, -0.1) is 0 Å². The van der Waals surface area contributed by atoms with E-state index in [4.69, 9.17) is 20.4 Å². The van der Waals surface area contributed by atoms with Crippen molar-refractivity contribution in [1.29, 1.82) is 5.41 Å². The van der Waals surface area contributed by atoms with Gasteiger partial charge in [-0.1, -0.05) is 0 Å². The third-order valence-corrected chi connectivity index (χ3v) is 4.51. The SMILES string of the molecule is N=CNc1ccc(C(=O)Oc2ccc(CC(=O)NC(CC(=O)O)C(=O)O)n3ccnc23)cc1. The van der Waals surface area contributed by atoms with Crippen LogP contribution in [0.5, 0.6) is 5.75 Å². The number of rotatable bonds is 10. The topological polar surface area (TPSA) is 183 Å². The van der Waals surface area contributed by atoms with Crippen LogP contribution in [0.2, 0.25) is 0 Å². The Kier molecular flexibility index (Phi) is 6.98. The number of amides is 1. The molecule has 0 aliphatic heterocycles. The summed E-state index contributed by atoms with van der Waals surface area (Å²) >= 11 is 0. The van der Waals surface area contributed by atoms with Gasteiger partial charge in [-0.25, -0.2) is 14.6 Å². The summed E-state index contributed by atoms with van der Waals surface area (Å²) in [5, 5.41) is 29.7. The van der Waals surface area contributed by atoms with E-state index in [1.807, 2.05) is 0 Å². The third-order valence-electron chi connectivity index (χ3n) is 4.51. The molecule has 2 heterocycles. The molecule has 0 saturated carbocycles. The van der Waals surface area contributed by atoms with E-state index in [0.717, 1.165) is 6.34 Å². The number of carboxylic acid groups (broad SMARTS) is 2. The Labute approximate surface area is 186 Å². The molecule has 1 aromatic carbocycles. The fraction of sp³-hybridized carbons (Fsp3) is 0.143. The minimum Gasteiger partial charge on any atom is -0.481 e. The molecule has 0 spiro atoms. The molecule has 0 aliphatic rings. The summed E-state index contributed by atoms with van der Waals surface area (Å²) in [5.41, 5.74) is 1.59. The van der Waals surface area contributed by atoms with Gasteiger partial charge in [0.15, 0.2) is 11.4 Å². The van der Waals surface area contributed by atoms with Gasteiger partial charge in [-0.05, 0) is 36.4 Å². The number of carboxylic acids is 2. The van der Waals surface area contributed by atoms with E-state index < -0.39 is 36.3 Å². The van der Waals surface area contributed by atoms with Crippen molar-refractivity contribution in [3.05, 3.63) is 60.0 Å². The molecule has 1 amide bonds. The number of fused-ring (bicyclic) bond motifs is 1. The van der Waals surface area contributed by atoms with Crippen molar-refractivity contribution in [1.82, 2.24) is 14.7 Å². The lowest BCUT2D eigenvalue weighted by atomic mass is 10.2. The zero-order valence-corrected chi connectivity index (χ0v) is 17.0. The lowest BCUT2D eigenvalue weighted by Gasteiger charge is -2.14. The van der Waals surface area contributed by atoms with E-state index in [-0.39, 0.29) is 23.4 Å². The molecule has 0 aliphatic carbocycles. The summed E-state index contributed by atoms with van der Waals surface area (Å²) in [6, 6.07) is 7.71. The molecule has 1 unspecified atom stereocenters. The highest BCUT2D eigenvalue weighted by molar-refractivity contribution is 5.92. The average molecular weight is 453 g/mol. The summed E-state index contributed by atoms with van der Waals surface area (Å²) in [6.45, 7) is 0. The van der Waals surface area contributed by atoms with E-state index in [1.165, 1.54) is 34.9 Å². The van der Waals surface area contributed by atoms with Crippen LogP contribution in [0.1, 0.15) is 22.5 Å². The van der Waals surface area contributed by atoms with E-state index in [1.54, 1.807) is 18.3 Å². The smallest absolute Gasteiger partial charge is 0.343 e. The normalized spacial score (nSPS) is 11.4. The number of pyridine rings is 1. The first-order valence-corrected chi connectivity index (χ1v) is 9.55. The number of carbonyl (C=O) groups excluding carboxylic acids is 2. The summed E-state index contributed by atoms with van der Waals surface area (Å²) in [4.78, 5) is 50.9. The lowest BCUT2D eigenvalue weighted by molar-refractivity contribution is -0.147. The molecule has 5 N–H and O–H groups in total. The number of esters is 1. The van der Waals surface area contributed by atoms with Crippen LogP contribution in [-0.4, -0.2) is 55.8 Å². The van der Waals surface area contributed by atoms with E-state index in [9.17, 15) is 19.2 Å². The van der Waals surface area contributed by atoms with Crippen LogP contribution in [0.25, 0.3) is 5.65 Å². The number of aliphatic carboxylic acids is 2. The van der Waals surface area contributed by atoms with Gasteiger partial charge in [-0.2, -0.15) is 0 Å². The molecule has 3 rings (SSSR count). The number of nitrogens with zero attached hydrogens (tertiary/aromatic N) is 2. The molecular weight excluding hydrogens is 434 g/mol. The number of benzene rings is 1. The zero-order chi connectivity index (χ0) is 24.0. The van der Waals surface area contributed by atoms with Crippen LogP contribution in [0.15, 0.2) is 48.8 Å². The maximum Gasteiger partial charge on any atom is 0.343 e. The fourth-order valence-electron chi connectivity index (χ4n) is 3.00. The second-order valence-corrected chi connectivity index (χ2v) is 6.80. The average Bonchev–Trinajstić information content (AvgIpc) is 3.26. The Balaban J connectivity index is 1.75. The first-order valence-electron chi connectivity index (χ1n) is 9.55. The maximum absolute atomic E-state index is 12.5. The van der Waals surface area contributed by atoms with Gasteiger partial charge in [0.25, 0.3) is 0 Å². The standard InChI is InChI=1S/C21H19N5O7/c22-11-24-13-3-1-12(2-4-13)21(32)33-16-6-5-14(26-8-7-23-19(16)26)9-17(27)25-15(20(30)31)10-18(28)29/h1-8,11,15H,9-10H2,(H2,22,24)(H,25,27)(H,28,29)(H,30,31). The molecule has 0 radical (unpaired) electrons. The molecular formula is C21H19N5O7. The van der Waals surface area contributed by atoms with Crippen molar-refractivity contribution in [2.75, 3.05) is 5.32 Å². The Morgan fingerprint density at radius 3 is 2.48 bits per heavy atom. The number of carbonyl (C=O) groups is 4. The predicted molar refractivity (Wildman–Crippen MR) is 115 cm³/mol. The van der Waals surface area contributed by atoms with E-state index in [0.29, 0.717) is 11.4 Å². The van der Waals surface area contributed by atoms with Crippen molar-refractivity contribution < 1.29 is 34.1 Å². The monoisotopic (exact) mass is 453 g/mol. The number of ether oxygens (including phenoxy) is 1. The molecule has 12 heteroatoms. The molecule has 12 nitrogen and oxygen atoms in total. The van der Waals surface area contributed by atoms with E-state index >= 15 is 0 Å². The number of nitrogens with one attached hydrogen (secondary N) is 3. The molecule has 0 bridgehead atoms. The van der Waals surface area contributed by atoms with Crippen LogP contribution >= 0.6 is 0 Å². The summed E-state index contributed by atoms with van der Waals surface area (Å²) in [6.07, 6.45) is 2.98. The van der Waals surface area contributed by atoms with Crippen molar-refractivity contribution in [2.45, 2.75) is 18.9 Å². The van der Waals surface area contributed by atoms with Gasteiger partial charge in [-0.3, -0.25) is 15.0 Å². The minimum absolute atomic E-state index is 0.144. The van der Waals surface area contributed by atoms with Gasteiger partial charge in [0.05, 0.1) is 24.7 Å². The van der Waals surface area contributed by atoms with Gasteiger partial charge < -0.3 is 30.0 Å². The molecule has 170 valence electrons. The summed E-state index contributed by atoms with van der Waals surface area (Å²) in [5.74, 6) is -3.99. The first-order chi connectivity index (χ1) is 15.8. The minimum atomic E-state index is -1.56. The molecule has 1 atom stereocenters.